The number of methoxy groups -OCH3 is 1. The number of nitrogens with one attached hydrogen (secondary N) is 1. The number of halogens is 1. The molecule has 1 aliphatic rings. The zero-order valence-electron chi connectivity index (χ0n) is 13.0. The van der Waals surface area contributed by atoms with E-state index in [-0.39, 0.29) is 0 Å². The van der Waals surface area contributed by atoms with Gasteiger partial charge in [0.15, 0.2) is 0 Å². The zero-order valence-corrected chi connectivity index (χ0v) is 14.6. The van der Waals surface area contributed by atoms with Crippen molar-refractivity contribution in [3.63, 3.8) is 0 Å². The van der Waals surface area contributed by atoms with Gasteiger partial charge in [0, 0.05) is 30.2 Å². The Kier molecular flexibility index (Phi) is 7.00. The number of hydrogen-bond acceptors (Lipinski definition) is 3. The Bertz CT molecular complexity index is 431. The average Bonchev–Trinajstić information content (AvgIpc) is 2.48. The smallest absolute Gasteiger partial charge is 0.124 e. The summed E-state index contributed by atoms with van der Waals surface area (Å²) in [5.41, 5.74) is 1.21. The van der Waals surface area contributed by atoms with E-state index in [1.165, 1.54) is 31.2 Å². The predicted octanol–water partition coefficient (Wildman–Crippen LogP) is 4.14. The standard InChI is InChI=1S/C17H26BrNO2/c1-13-3-6-16(7-4-13)21-17-8-5-15(18)11-14(17)12-19-9-10-20-2/h5,8,11,13,16,19H,3-4,6-7,9-10,12H2,1-2H3. The molecule has 0 aliphatic heterocycles. The highest BCUT2D eigenvalue weighted by Gasteiger charge is 2.20. The first-order valence-electron chi connectivity index (χ1n) is 7.83. The second-order valence-corrected chi connectivity index (χ2v) is 6.84. The fourth-order valence-electron chi connectivity index (χ4n) is 2.73. The van der Waals surface area contributed by atoms with Crippen molar-refractivity contribution in [1.29, 1.82) is 0 Å². The first kappa shape index (κ1) is 16.8. The number of benzene rings is 1. The molecule has 0 spiro atoms. The van der Waals surface area contributed by atoms with Crippen LogP contribution in [0.2, 0.25) is 0 Å². The van der Waals surface area contributed by atoms with Crippen molar-refractivity contribution >= 4 is 15.9 Å². The van der Waals surface area contributed by atoms with Gasteiger partial charge in [-0.15, -0.1) is 0 Å². The highest BCUT2D eigenvalue weighted by atomic mass is 79.9. The van der Waals surface area contributed by atoms with Crippen LogP contribution in [0.1, 0.15) is 38.2 Å². The summed E-state index contributed by atoms with van der Waals surface area (Å²) in [7, 11) is 1.72. The van der Waals surface area contributed by atoms with E-state index in [4.69, 9.17) is 9.47 Å². The van der Waals surface area contributed by atoms with Gasteiger partial charge < -0.3 is 14.8 Å². The van der Waals surface area contributed by atoms with E-state index < -0.39 is 0 Å². The Hall–Kier alpha value is -0.580. The molecule has 0 saturated heterocycles. The van der Waals surface area contributed by atoms with Crippen molar-refractivity contribution in [2.45, 2.75) is 45.3 Å². The third-order valence-electron chi connectivity index (χ3n) is 4.08. The molecule has 1 aromatic rings. The van der Waals surface area contributed by atoms with Gasteiger partial charge in [-0.3, -0.25) is 0 Å². The fourth-order valence-corrected chi connectivity index (χ4v) is 3.13. The Morgan fingerprint density at radius 1 is 1.24 bits per heavy atom. The van der Waals surface area contributed by atoms with Crippen LogP contribution in [-0.4, -0.2) is 26.4 Å². The van der Waals surface area contributed by atoms with E-state index in [1.54, 1.807) is 7.11 Å². The normalized spacial score (nSPS) is 22.2. The van der Waals surface area contributed by atoms with Gasteiger partial charge in [0.1, 0.15) is 5.75 Å². The summed E-state index contributed by atoms with van der Waals surface area (Å²) in [5.74, 6) is 1.87. The first-order chi connectivity index (χ1) is 10.2. The van der Waals surface area contributed by atoms with Crippen LogP contribution in [0.25, 0.3) is 0 Å². The second-order valence-electron chi connectivity index (χ2n) is 5.92. The zero-order chi connectivity index (χ0) is 15.1. The van der Waals surface area contributed by atoms with Gasteiger partial charge >= 0.3 is 0 Å². The third kappa shape index (κ3) is 5.61. The molecule has 0 unspecified atom stereocenters. The summed E-state index contributed by atoms with van der Waals surface area (Å²) in [6.07, 6.45) is 5.28. The van der Waals surface area contributed by atoms with Crippen molar-refractivity contribution < 1.29 is 9.47 Å². The van der Waals surface area contributed by atoms with Crippen molar-refractivity contribution in [3.05, 3.63) is 28.2 Å². The molecule has 2 rings (SSSR count). The molecule has 118 valence electrons. The molecule has 0 aromatic heterocycles. The quantitative estimate of drug-likeness (QED) is 0.745. The van der Waals surface area contributed by atoms with E-state index in [0.29, 0.717) is 6.10 Å². The van der Waals surface area contributed by atoms with Crippen LogP contribution in [0.15, 0.2) is 22.7 Å². The summed E-state index contributed by atoms with van der Waals surface area (Å²) in [6.45, 7) is 4.72. The molecule has 1 fully saturated rings. The van der Waals surface area contributed by atoms with Crippen LogP contribution in [0.5, 0.6) is 5.75 Å². The van der Waals surface area contributed by atoms with Gasteiger partial charge in [-0.2, -0.15) is 0 Å². The molecule has 0 amide bonds. The molecule has 0 bridgehead atoms. The van der Waals surface area contributed by atoms with E-state index in [2.05, 4.69) is 46.4 Å². The molecular weight excluding hydrogens is 330 g/mol. The summed E-state index contributed by atoms with van der Waals surface area (Å²) in [6, 6.07) is 6.27. The highest BCUT2D eigenvalue weighted by molar-refractivity contribution is 9.10. The van der Waals surface area contributed by atoms with E-state index in [0.717, 1.165) is 35.8 Å². The van der Waals surface area contributed by atoms with Crippen molar-refractivity contribution in [1.82, 2.24) is 5.32 Å². The maximum absolute atomic E-state index is 6.25. The monoisotopic (exact) mass is 355 g/mol. The maximum Gasteiger partial charge on any atom is 0.124 e. The van der Waals surface area contributed by atoms with Gasteiger partial charge in [0.05, 0.1) is 12.7 Å². The molecule has 3 nitrogen and oxygen atoms in total. The minimum Gasteiger partial charge on any atom is -0.490 e. The Morgan fingerprint density at radius 2 is 2.00 bits per heavy atom. The Balaban J connectivity index is 1.94. The number of ether oxygens (including phenoxy) is 2. The van der Waals surface area contributed by atoms with Crippen molar-refractivity contribution in [2.75, 3.05) is 20.3 Å². The Morgan fingerprint density at radius 3 is 2.71 bits per heavy atom. The van der Waals surface area contributed by atoms with Gasteiger partial charge in [0.25, 0.3) is 0 Å². The molecular formula is C17H26BrNO2. The lowest BCUT2D eigenvalue weighted by Crippen LogP contribution is -2.24. The van der Waals surface area contributed by atoms with Crippen LogP contribution in [0, 0.1) is 5.92 Å². The lowest BCUT2D eigenvalue weighted by Gasteiger charge is -2.27. The molecule has 1 saturated carbocycles. The third-order valence-corrected chi connectivity index (χ3v) is 4.57. The summed E-state index contributed by atoms with van der Waals surface area (Å²) in [5, 5.41) is 3.39. The fraction of sp³-hybridized carbons (Fsp3) is 0.647. The molecule has 21 heavy (non-hydrogen) atoms. The van der Waals surface area contributed by atoms with Gasteiger partial charge in [-0.25, -0.2) is 0 Å². The van der Waals surface area contributed by atoms with E-state index >= 15 is 0 Å². The lowest BCUT2D eigenvalue weighted by molar-refractivity contribution is 0.134. The van der Waals surface area contributed by atoms with Crippen molar-refractivity contribution in [2.24, 2.45) is 5.92 Å². The summed E-state index contributed by atoms with van der Waals surface area (Å²) >= 11 is 3.54. The van der Waals surface area contributed by atoms with Crippen LogP contribution in [0.3, 0.4) is 0 Å². The Labute approximate surface area is 136 Å². The van der Waals surface area contributed by atoms with Gasteiger partial charge in [-0.1, -0.05) is 22.9 Å². The number of rotatable bonds is 7. The van der Waals surface area contributed by atoms with Gasteiger partial charge in [0.2, 0.25) is 0 Å². The predicted molar refractivity (Wildman–Crippen MR) is 89.8 cm³/mol. The largest absolute Gasteiger partial charge is 0.490 e. The van der Waals surface area contributed by atoms with Crippen LogP contribution < -0.4 is 10.1 Å². The topological polar surface area (TPSA) is 30.5 Å². The lowest BCUT2D eigenvalue weighted by atomic mass is 9.89. The summed E-state index contributed by atoms with van der Waals surface area (Å²) in [4.78, 5) is 0. The minimum absolute atomic E-state index is 0.375. The second kappa shape index (κ2) is 8.76. The molecule has 1 aromatic carbocycles. The molecule has 0 heterocycles. The maximum atomic E-state index is 6.25. The van der Waals surface area contributed by atoms with E-state index in [1.807, 2.05) is 0 Å². The van der Waals surface area contributed by atoms with Crippen LogP contribution >= 0.6 is 15.9 Å². The van der Waals surface area contributed by atoms with Crippen LogP contribution in [-0.2, 0) is 11.3 Å². The molecule has 1 N–H and O–H groups in total. The van der Waals surface area contributed by atoms with E-state index in [9.17, 15) is 0 Å². The minimum atomic E-state index is 0.375. The first-order valence-corrected chi connectivity index (χ1v) is 8.63. The van der Waals surface area contributed by atoms with Gasteiger partial charge in [-0.05, 0) is 49.8 Å². The number of hydrogen-bond donors (Lipinski definition) is 1. The SMILES string of the molecule is COCCNCc1cc(Br)ccc1OC1CCC(C)CC1. The molecule has 4 heteroatoms. The molecule has 0 atom stereocenters. The average molecular weight is 356 g/mol. The summed E-state index contributed by atoms with van der Waals surface area (Å²) < 4.78 is 12.4. The van der Waals surface area contributed by atoms with Crippen molar-refractivity contribution in [3.8, 4) is 5.75 Å². The molecule has 0 radical (unpaired) electrons. The molecule has 1 aliphatic carbocycles. The van der Waals surface area contributed by atoms with Crippen LogP contribution in [0.4, 0.5) is 0 Å². The highest BCUT2D eigenvalue weighted by Crippen LogP contribution is 2.30.